The number of benzene rings is 1. The number of phenols is 1. The molecule has 3 aliphatic carbocycles. The summed E-state index contributed by atoms with van der Waals surface area (Å²) in [6, 6.07) is 6.01. The number of allylic oxidation sites excluding steroid dienone is 1. The summed E-state index contributed by atoms with van der Waals surface area (Å²) in [5.41, 5.74) is 6.39. The van der Waals surface area contributed by atoms with Crippen molar-refractivity contribution in [1.82, 2.24) is 0 Å². The van der Waals surface area contributed by atoms with Crippen molar-refractivity contribution >= 4 is 0 Å². The molecule has 0 saturated heterocycles. The molecule has 3 aliphatic rings. The Morgan fingerprint density at radius 3 is 2.78 bits per heavy atom. The normalized spacial score (nSPS) is 35.7. The first-order chi connectivity index (χ1) is 11.0. The predicted octanol–water partition coefficient (Wildman–Crippen LogP) is 4.63. The SMILES string of the molecule is CCC[C@]12CC[C@]3(C)C[C@H](O)CC3=C1CCc1cc(O)ccc12. The lowest BCUT2D eigenvalue weighted by Gasteiger charge is -2.50. The van der Waals surface area contributed by atoms with Crippen LogP contribution in [-0.4, -0.2) is 16.3 Å². The molecule has 1 fully saturated rings. The summed E-state index contributed by atoms with van der Waals surface area (Å²) in [6.45, 7) is 4.65. The molecule has 2 nitrogen and oxygen atoms in total. The monoisotopic (exact) mass is 312 g/mol. The maximum Gasteiger partial charge on any atom is 0.115 e. The van der Waals surface area contributed by atoms with Crippen LogP contribution in [0.25, 0.3) is 0 Å². The van der Waals surface area contributed by atoms with Crippen molar-refractivity contribution in [2.45, 2.75) is 76.7 Å². The lowest BCUT2D eigenvalue weighted by molar-refractivity contribution is 0.155. The number of aliphatic hydroxyl groups excluding tert-OH is 1. The molecule has 0 radical (unpaired) electrons. The lowest BCUT2D eigenvalue weighted by atomic mass is 9.54. The fraction of sp³-hybridized carbons (Fsp3) is 0.619. The molecule has 3 atom stereocenters. The predicted molar refractivity (Wildman–Crippen MR) is 92.6 cm³/mol. The number of hydrogen-bond acceptors (Lipinski definition) is 2. The molecule has 1 aromatic carbocycles. The number of aliphatic hydroxyl groups is 1. The average Bonchev–Trinajstić information content (AvgIpc) is 2.81. The van der Waals surface area contributed by atoms with Gasteiger partial charge in [0.1, 0.15) is 5.75 Å². The minimum atomic E-state index is -0.152. The number of aryl methyl sites for hydroxylation is 1. The van der Waals surface area contributed by atoms with Crippen LogP contribution in [0.1, 0.15) is 69.9 Å². The van der Waals surface area contributed by atoms with Gasteiger partial charge in [0.15, 0.2) is 0 Å². The zero-order valence-corrected chi connectivity index (χ0v) is 14.4. The molecular weight excluding hydrogens is 284 g/mol. The van der Waals surface area contributed by atoms with Gasteiger partial charge in [-0.3, -0.25) is 0 Å². The van der Waals surface area contributed by atoms with E-state index in [1.54, 1.807) is 11.1 Å². The largest absolute Gasteiger partial charge is 0.508 e. The lowest BCUT2D eigenvalue weighted by Crippen LogP contribution is -2.40. The Balaban J connectivity index is 1.92. The Morgan fingerprint density at radius 1 is 1.17 bits per heavy atom. The van der Waals surface area contributed by atoms with E-state index in [0.29, 0.717) is 5.75 Å². The molecule has 0 spiro atoms. The van der Waals surface area contributed by atoms with Gasteiger partial charge in [-0.05, 0) is 73.6 Å². The number of rotatable bonds is 2. The fourth-order valence-corrected chi connectivity index (χ4v) is 5.91. The number of aromatic hydroxyl groups is 1. The van der Waals surface area contributed by atoms with E-state index in [1.807, 2.05) is 12.1 Å². The standard InChI is InChI=1S/C21H28O2/c1-3-8-21-10-9-20(2)13-16(23)12-19(20)18(21)6-4-14-11-15(22)5-7-17(14)21/h5,7,11,16,22-23H,3-4,6,8-10,12-13H2,1-2H3/t16-,20-,21-/m1/s1. The minimum Gasteiger partial charge on any atom is -0.508 e. The summed E-state index contributed by atoms with van der Waals surface area (Å²) < 4.78 is 0. The van der Waals surface area contributed by atoms with Crippen LogP contribution in [0, 0.1) is 5.41 Å². The average molecular weight is 312 g/mol. The van der Waals surface area contributed by atoms with Gasteiger partial charge in [0.05, 0.1) is 6.10 Å². The Morgan fingerprint density at radius 2 is 2.00 bits per heavy atom. The van der Waals surface area contributed by atoms with Gasteiger partial charge >= 0.3 is 0 Å². The third kappa shape index (κ3) is 2.11. The quantitative estimate of drug-likeness (QED) is 0.782. The maximum atomic E-state index is 10.3. The van der Waals surface area contributed by atoms with E-state index >= 15 is 0 Å². The van der Waals surface area contributed by atoms with Gasteiger partial charge in [0.2, 0.25) is 0 Å². The molecule has 23 heavy (non-hydrogen) atoms. The first-order valence-electron chi connectivity index (χ1n) is 9.22. The summed E-state index contributed by atoms with van der Waals surface area (Å²) >= 11 is 0. The molecule has 2 N–H and O–H groups in total. The first-order valence-corrected chi connectivity index (χ1v) is 9.22. The maximum absolute atomic E-state index is 10.3. The van der Waals surface area contributed by atoms with Crippen molar-refractivity contribution in [3.8, 4) is 5.75 Å². The van der Waals surface area contributed by atoms with Crippen molar-refractivity contribution in [3.63, 3.8) is 0 Å². The molecule has 124 valence electrons. The second-order valence-corrected chi connectivity index (χ2v) is 8.25. The summed E-state index contributed by atoms with van der Waals surface area (Å²) in [6.07, 6.45) is 8.55. The van der Waals surface area contributed by atoms with Gasteiger partial charge in [-0.1, -0.05) is 37.5 Å². The van der Waals surface area contributed by atoms with E-state index in [2.05, 4.69) is 19.9 Å². The molecule has 0 bridgehead atoms. The number of fused-ring (bicyclic) bond motifs is 4. The van der Waals surface area contributed by atoms with E-state index in [1.165, 1.54) is 36.8 Å². The van der Waals surface area contributed by atoms with Crippen LogP contribution in [0.2, 0.25) is 0 Å². The topological polar surface area (TPSA) is 40.5 Å². The zero-order chi connectivity index (χ0) is 16.2. The third-order valence-corrected chi connectivity index (χ3v) is 6.83. The third-order valence-electron chi connectivity index (χ3n) is 6.83. The molecule has 2 heteroatoms. The van der Waals surface area contributed by atoms with E-state index in [-0.39, 0.29) is 16.9 Å². The molecule has 0 aliphatic heterocycles. The summed E-state index contributed by atoms with van der Waals surface area (Å²) in [5.74, 6) is 0.392. The van der Waals surface area contributed by atoms with Crippen LogP contribution in [0.4, 0.5) is 0 Å². The summed E-state index contributed by atoms with van der Waals surface area (Å²) in [7, 11) is 0. The van der Waals surface area contributed by atoms with Crippen LogP contribution < -0.4 is 0 Å². The van der Waals surface area contributed by atoms with Gasteiger partial charge in [0, 0.05) is 5.41 Å². The molecule has 0 unspecified atom stereocenters. The van der Waals surface area contributed by atoms with Crippen LogP contribution in [0.5, 0.6) is 5.75 Å². The smallest absolute Gasteiger partial charge is 0.115 e. The number of hydrogen-bond donors (Lipinski definition) is 2. The Kier molecular flexibility index (Phi) is 3.39. The molecule has 1 saturated carbocycles. The highest BCUT2D eigenvalue weighted by Gasteiger charge is 2.51. The fourth-order valence-electron chi connectivity index (χ4n) is 5.91. The summed E-state index contributed by atoms with van der Waals surface area (Å²) in [4.78, 5) is 0. The van der Waals surface area contributed by atoms with Gasteiger partial charge in [0.25, 0.3) is 0 Å². The van der Waals surface area contributed by atoms with Crippen LogP contribution in [0.15, 0.2) is 29.3 Å². The van der Waals surface area contributed by atoms with Crippen molar-refractivity contribution in [3.05, 3.63) is 40.5 Å². The van der Waals surface area contributed by atoms with Crippen molar-refractivity contribution in [1.29, 1.82) is 0 Å². The zero-order valence-electron chi connectivity index (χ0n) is 14.4. The Bertz CT molecular complexity index is 674. The highest BCUT2D eigenvalue weighted by atomic mass is 16.3. The van der Waals surface area contributed by atoms with Crippen LogP contribution in [0.3, 0.4) is 0 Å². The minimum absolute atomic E-state index is 0.152. The highest BCUT2D eigenvalue weighted by Crippen LogP contribution is 2.61. The van der Waals surface area contributed by atoms with Gasteiger partial charge < -0.3 is 10.2 Å². The second-order valence-electron chi connectivity index (χ2n) is 8.25. The van der Waals surface area contributed by atoms with Gasteiger partial charge in [-0.15, -0.1) is 0 Å². The molecule has 0 amide bonds. The molecular formula is C21H28O2. The van der Waals surface area contributed by atoms with Crippen molar-refractivity contribution in [2.75, 3.05) is 0 Å². The van der Waals surface area contributed by atoms with Crippen molar-refractivity contribution in [2.24, 2.45) is 5.41 Å². The molecule has 0 heterocycles. The van der Waals surface area contributed by atoms with Crippen LogP contribution in [-0.2, 0) is 11.8 Å². The van der Waals surface area contributed by atoms with E-state index in [9.17, 15) is 10.2 Å². The molecule has 4 rings (SSSR count). The van der Waals surface area contributed by atoms with Gasteiger partial charge in [-0.2, -0.15) is 0 Å². The number of phenolic OH excluding ortho intramolecular Hbond substituents is 1. The second kappa shape index (κ2) is 5.11. The Labute approximate surface area is 139 Å². The van der Waals surface area contributed by atoms with Crippen molar-refractivity contribution < 1.29 is 10.2 Å². The van der Waals surface area contributed by atoms with E-state index in [0.717, 1.165) is 25.7 Å². The van der Waals surface area contributed by atoms with E-state index in [4.69, 9.17) is 0 Å². The first kappa shape index (κ1) is 15.3. The van der Waals surface area contributed by atoms with Gasteiger partial charge in [-0.25, -0.2) is 0 Å². The van der Waals surface area contributed by atoms with E-state index < -0.39 is 0 Å². The summed E-state index contributed by atoms with van der Waals surface area (Å²) in [5, 5.41) is 20.2. The van der Waals surface area contributed by atoms with Crippen LogP contribution >= 0.6 is 0 Å². The molecule has 1 aromatic rings. The molecule has 0 aromatic heterocycles. The highest BCUT2D eigenvalue weighted by molar-refractivity contribution is 5.52. The Hall–Kier alpha value is -1.28.